The van der Waals surface area contributed by atoms with Gasteiger partial charge < -0.3 is 0 Å². The molecule has 23 heavy (non-hydrogen) atoms. The lowest BCUT2D eigenvalue weighted by atomic mass is 10.1. The zero-order chi connectivity index (χ0) is 17.7. The highest BCUT2D eigenvalue weighted by Crippen LogP contribution is 2.35. The Morgan fingerprint density at radius 2 is 1.57 bits per heavy atom. The van der Waals surface area contributed by atoms with E-state index in [2.05, 4.69) is 0 Å². The molecule has 0 aliphatic rings. The summed E-state index contributed by atoms with van der Waals surface area (Å²) in [6, 6.07) is 7.71. The molecular formula is C14H13F7OS. The number of rotatable bonds is 7. The largest absolute Gasteiger partial charge is 0.419 e. The molecule has 1 nitrogen and oxygen atoms in total. The Hall–Kier alpha value is -1.25. The molecule has 130 valence electrons. The lowest BCUT2D eigenvalue weighted by Gasteiger charge is -2.22. The predicted molar refractivity (Wildman–Crippen MR) is 73.3 cm³/mol. The molecule has 0 saturated heterocycles. The van der Waals surface area contributed by atoms with Gasteiger partial charge in [0.2, 0.25) is 5.12 Å². The monoisotopic (exact) mass is 362 g/mol. The number of benzene rings is 1. The van der Waals surface area contributed by atoms with Gasteiger partial charge in [-0.25, -0.2) is 17.6 Å². The van der Waals surface area contributed by atoms with E-state index < -0.39 is 48.2 Å². The molecule has 0 bridgehead atoms. The molecule has 0 spiro atoms. The third kappa shape index (κ3) is 6.40. The summed E-state index contributed by atoms with van der Waals surface area (Å²) in [6.07, 6.45) is -15.4. The molecule has 0 N–H and O–H groups in total. The summed E-state index contributed by atoms with van der Waals surface area (Å²) in [5, 5.41) is -0.518. The molecule has 0 fully saturated rings. The van der Waals surface area contributed by atoms with E-state index in [9.17, 15) is 35.5 Å². The fourth-order valence-corrected chi connectivity index (χ4v) is 2.44. The second-order valence-electron chi connectivity index (χ2n) is 4.73. The summed E-state index contributed by atoms with van der Waals surface area (Å²) < 4.78 is 88.3. The number of carbonyl (C=O) groups is 1. The molecule has 1 aromatic carbocycles. The molecule has 0 radical (unpaired) electrons. The normalized spacial score (nSPS) is 15.3. The van der Waals surface area contributed by atoms with Crippen LogP contribution in [-0.2, 0) is 0 Å². The van der Waals surface area contributed by atoms with Crippen molar-refractivity contribution in [1.82, 2.24) is 0 Å². The molecule has 0 aromatic heterocycles. The molecule has 2 unspecified atom stereocenters. The Bertz CT molecular complexity index is 504. The molecule has 1 aromatic rings. The van der Waals surface area contributed by atoms with Crippen LogP contribution in [0.4, 0.5) is 30.7 Å². The zero-order valence-electron chi connectivity index (χ0n) is 11.6. The number of hydrogen-bond acceptors (Lipinski definition) is 2. The highest BCUT2D eigenvalue weighted by Gasteiger charge is 2.48. The summed E-state index contributed by atoms with van der Waals surface area (Å²) in [6.45, 7) is 0. The maximum atomic E-state index is 13.4. The van der Waals surface area contributed by atoms with Gasteiger partial charge in [0, 0.05) is 24.2 Å². The SMILES string of the molecule is O=C(SCCC(F)(F)C(F)CC(F)C(F)(F)F)c1ccccc1. The van der Waals surface area contributed by atoms with Gasteiger partial charge in [0.25, 0.3) is 5.92 Å². The maximum absolute atomic E-state index is 13.4. The number of hydrogen-bond donors (Lipinski definition) is 0. The van der Waals surface area contributed by atoms with E-state index in [1.165, 1.54) is 12.1 Å². The Morgan fingerprint density at radius 1 is 1.00 bits per heavy atom. The molecule has 0 aliphatic heterocycles. The summed E-state index contributed by atoms with van der Waals surface area (Å²) in [4.78, 5) is 11.6. The minimum absolute atomic E-state index is 0.263. The number of halogens is 7. The average molecular weight is 362 g/mol. The van der Waals surface area contributed by atoms with Crippen molar-refractivity contribution in [2.45, 2.75) is 37.3 Å². The predicted octanol–water partition coefficient (Wildman–Crippen LogP) is 5.21. The summed E-state index contributed by atoms with van der Waals surface area (Å²) in [5.41, 5.74) is 0.263. The second-order valence-corrected chi connectivity index (χ2v) is 5.79. The Labute approximate surface area is 132 Å². The zero-order valence-corrected chi connectivity index (χ0v) is 12.4. The fraction of sp³-hybridized carbons (Fsp3) is 0.500. The highest BCUT2D eigenvalue weighted by molar-refractivity contribution is 8.14. The molecule has 9 heteroatoms. The molecule has 0 aliphatic carbocycles. The minimum atomic E-state index is -5.38. The van der Waals surface area contributed by atoms with Gasteiger partial charge in [0.1, 0.15) is 0 Å². The van der Waals surface area contributed by atoms with E-state index in [4.69, 9.17) is 0 Å². The summed E-state index contributed by atoms with van der Waals surface area (Å²) in [7, 11) is 0. The van der Waals surface area contributed by atoms with Gasteiger partial charge in [-0.2, -0.15) is 13.2 Å². The van der Waals surface area contributed by atoms with E-state index in [0.29, 0.717) is 11.8 Å². The molecule has 0 heterocycles. The van der Waals surface area contributed by atoms with E-state index in [-0.39, 0.29) is 5.56 Å². The van der Waals surface area contributed by atoms with Crippen molar-refractivity contribution >= 4 is 16.9 Å². The van der Waals surface area contributed by atoms with Crippen LogP contribution in [0, 0.1) is 0 Å². The van der Waals surface area contributed by atoms with E-state index >= 15 is 0 Å². The van der Waals surface area contributed by atoms with E-state index in [0.717, 1.165) is 0 Å². The van der Waals surface area contributed by atoms with Crippen molar-refractivity contribution in [3.05, 3.63) is 35.9 Å². The van der Waals surface area contributed by atoms with Crippen molar-refractivity contribution in [3.8, 4) is 0 Å². The van der Waals surface area contributed by atoms with Gasteiger partial charge in [0.15, 0.2) is 12.3 Å². The molecule has 2 atom stereocenters. The minimum Gasteiger partial charge on any atom is -0.282 e. The first-order valence-electron chi connectivity index (χ1n) is 6.49. The number of thioether (sulfide) groups is 1. The fourth-order valence-electron chi connectivity index (χ4n) is 1.58. The first-order valence-corrected chi connectivity index (χ1v) is 7.47. The maximum Gasteiger partial charge on any atom is 0.419 e. The number of carbonyl (C=O) groups excluding carboxylic acids is 1. The van der Waals surface area contributed by atoms with Crippen LogP contribution < -0.4 is 0 Å². The Morgan fingerprint density at radius 3 is 2.09 bits per heavy atom. The third-order valence-corrected chi connectivity index (χ3v) is 3.81. The molecule has 0 amide bonds. The van der Waals surface area contributed by atoms with Crippen LogP contribution in [-0.4, -0.2) is 35.3 Å². The Balaban J connectivity index is 2.47. The van der Waals surface area contributed by atoms with Gasteiger partial charge in [-0.1, -0.05) is 42.1 Å². The topological polar surface area (TPSA) is 17.1 Å². The van der Waals surface area contributed by atoms with Gasteiger partial charge in [0.05, 0.1) is 0 Å². The summed E-state index contributed by atoms with van der Waals surface area (Å²) >= 11 is 0.497. The van der Waals surface area contributed by atoms with Gasteiger partial charge in [-0.3, -0.25) is 4.79 Å². The highest BCUT2D eigenvalue weighted by atomic mass is 32.2. The molecule has 0 saturated carbocycles. The third-order valence-electron chi connectivity index (χ3n) is 2.91. The van der Waals surface area contributed by atoms with Crippen molar-refractivity contribution in [3.63, 3.8) is 0 Å². The van der Waals surface area contributed by atoms with Gasteiger partial charge in [-0.15, -0.1) is 0 Å². The lowest BCUT2D eigenvalue weighted by Crippen LogP contribution is -2.37. The van der Waals surface area contributed by atoms with Crippen molar-refractivity contribution in [1.29, 1.82) is 0 Å². The average Bonchev–Trinajstić information content (AvgIpc) is 2.46. The van der Waals surface area contributed by atoms with Gasteiger partial charge in [-0.05, 0) is 0 Å². The second kappa shape index (κ2) is 8.03. The van der Waals surface area contributed by atoms with Crippen LogP contribution in [0.2, 0.25) is 0 Å². The van der Waals surface area contributed by atoms with Crippen LogP contribution >= 0.6 is 11.8 Å². The first-order chi connectivity index (χ1) is 10.5. The van der Waals surface area contributed by atoms with E-state index in [1.807, 2.05) is 0 Å². The lowest BCUT2D eigenvalue weighted by molar-refractivity contribution is -0.193. The van der Waals surface area contributed by atoms with Crippen molar-refractivity contribution in [2.75, 3.05) is 5.75 Å². The van der Waals surface area contributed by atoms with E-state index in [1.54, 1.807) is 18.2 Å². The molecular weight excluding hydrogens is 349 g/mol. The number of alkyl halides is 7. The Kier molecular flexibility index (Phi) is 6.91. The molecule has 1 rings (SSSR count). The van der Waals surface area contributed by atoms with Crippen LogP contribution in [0.1, 0.15) is 23.2 Å². The van der Waals surface area contributed by atoms with Crippen LogP contribution in [0.25, 0.3) is 0 Å². The first kappa shape index (κ1) is 19.8. The van der Waals surface area contributed by atoms with Crippen LogP contribution in [0.3, 0.4) is 0 Å². The van der Waals surface area contributed by atoms with Crippen molar-refractivity contribution < 1.29 is 35.5 Å². The van der Waals surface area contributed by atoms with Crippen LogP contribution in [0.5, 0.6) is 0 Å². The van der Waals surface area contributed by atoms with Crippen molar-refractivity contribution in [2.24, 2.45) is 0 Å². The summed E-state index contributed by atoms with van der Waals surface area (Å²) in [5.74, 6) is -4.64. The quantitative estimate of drug-likeness (QED) is 0.619. The standard InChI is InChI=1S/C14H13F7OS/c15-10(8-11(16)14(19,20)21)13(17,18)6-7-23-12(22)9-4-2-1-3-5-9/h1-5,10-11H,6-8H2. The van der Waals surface area contributed by atoms with Gasteiger partial charge >= 0.3 is 6.18 Å². The smallest absolute Gasteiger partial charge is 0.282 e. The van der Waals surface area contributed by atoms with Crippen LogP contribution in [0.15, 0.2) is 30.3 Å².